The second-order valence-corrected chi connectivity index (χ2v) is 5.03. The van der Waals surface area contributed by atoms with Gasteiger partial charge in [0.2, 0.25) is 5.91 Å². The highest BCUT2D eigenvalue weighted by molar-refractivity contribution is 5.99. The zero-order chi connectivity index (χ0) is 15.8. The van der Waals surface area contributed by atoms with E-state index >= 15 is 0 Å². The van der Waals surface area contributed by atoms with Gasteiger partial charge in [0.1, 0.15) is 0 Å². The Hall–Kier alpha value is -2.37. The maximum Gasteiger partial charge on any atom is 0.303 e. The van der Waals surface area contributed by atoms with Gasteiger partial charge >= 0.3 is 5.97 Å². The third-order valence-corrected chi connectivity index (χ3v) is 3.18. The zero-order valence-corrected chi connectivity index (χ0v) is 12.0. The molecule has 6 nitrogen and oxygen atoms in total. The molecule has 0 saturated carbocycles. The quantitative estimate of drug-likeness (QED) is 0.672. The van der Waals surface area contributed by atoms with Gasteiger partial charge in [0.05, 0.1) is 0 Å². The molecule has 0 aromatic heterocycles. The van der Waals surface area contributed by atoms with Crippen molar-refractivity contribution in [2.75, 3.05) is 6.54 Å². The number of aliphatic carboxylic acids is 1. The van der Waals surface area contributed by atoms with Crippen molar-refractivity contribution in [2.24, 2.45) is 11.7 Å². The number of amides is 2. The van der Waals surface area contributed by atoms with E-state index in [0.717, 1.165) is 0 Å². The highest BCUT2D eigenvalue weighted by Gasteiger charge is 2.09. The molecule has 1 rings (SSSR count). The number of nitrogens with one attached hydrogen (secondary N) is 1. The van der Waals surface area contributed by atoms with Crippen molar-refractivity contribution >= 4 is 17.8 Å². The second kappa shape index (κ2) is 8.04. The number of primary amides is 1. The molecule has 0 saturated heterocycles. The maximum absolute atomic E-state index is 11.9. The summed E-state index contributed by atoms with van der Waals surface area (Å²) >= 11 is 0. The zero-order valence-electron chi connectivity index (χ0n) is 12.0. The van der Waals surface area contributed by atoms with Crippen LogP contribution in [0.3, 0.4) is 0 Å². The summed E-state index contributed by atoms with van der Waals surface area (Å²) in [6, 6.07) is 6.21. The van der Waals surface area contributed by atoms with Crippen molar-refractivity contribution in [1.29, 1.82) is 0 Å². The van der Waals surface area contributed by atoms with Crippen molar-refractivity contribution in [3.8, 4) is 0 Å². The number of rotatable bonds is 8. The first kappa shape index (κ1) is 16.7. The molecule has 0 radical (unpaired) electrons. The van der Waals surface area contributed by atoms with Gasteiger partial charge in [-0.2, -0.15) is 0 Å². The molecule has 4 N–H and O–H groups in total. The van der Waals surface area contributed by atoms with Gasteiger partial charge in [-0.05, 0) is 37.0 Å². The van der Waals surface area contributed by atoms with Crippen LogP contribution in [0.15, 0.2) is 24.3 Å². The van der Waals surface area contributed by atoms with Gasteiger partial charge < -0.3 is 16.2 Å². The number of benzene rings is 1. The molecule has 1 aromatic rings. The Balaban J connectivity index is 2.42. The standard InChI is InChI=1S/C15H20N2O4/c1-10(5-6-13(18)19)7-8-17-15(21)12-4-2-3-11(9-12)14(16)20/h2-4,9-10H,5-8H2,1H3,(H2,16,20)(H,17,21)(H,18,19). The van der Waals surface area contributed by atoms with Gasteiger partial charge in [-0.15, -0.1) is 0 Å². The van der Waals surface area contributed by atoms with E-state index in [1.165, 1.54) is 6.07 Å². The summed E-state index contributed by atoms with van der Waals surface area (Å²) in [6.45, 7) is 2.41. The molecule has 21 heavy (non-hydrogen) atoms. The summed E-state index contributed by atoms with van der Waals surface area (Å²) in [5.41, 5.74) is 5.83. The molecular weight excluding hydrogens is 272 g/mol. The summed E-state index contributed by atoms with van der Waals surface area (Å²) in [5, 5.41) is 11.3. The molecule has 0 aliphatic carbocycles. The van der Waals surface area contributed by atoms with Crippen LogP contribution in [-0.2, 0) is 4.79 Å². The molecule has 6 heteroatoms. The van der Waals surface area contributed by atoms with Crippen LogP contribution in [0.4, 0.5) is 0 Å². The average Bonchev–Trinajstić information content (AvgIpc) is 2.45. The first-order valence-electron chi connectivity index (χ1n) is 6.80. The molecule has 114 valence electrons. The Bertz CT molecular complexity index is 528. The lowest BCUT2D eigenvalue weighted by Crippen LogP contribution is -2.26. The number of hydrogen-bond acceptors (Lipinski definition) is 3. The van der Waals surface area contributed by atoms with Crippen LogP contribution in [0.2, 0.25) is 0 Å². The number of nitrogens with two attached hydrogens (primary N) is 1. The fourth-order valence-electron chi connectivity index (χ4n) is 1.86. The Morgan fingerprint density at radius 1 is 1.24 bits per heavy atom. The van der Waals surface area contributed by atoms with Gasteiger partial charge in [-0.25, -0.2) is 0 Å². The van der Waals surface area contributed by atoms with E-state index in [-0.39, 0.29) is 23.8 Å². The van der Waals surface area contributed by atoms with Crippen LogP contribution in [0.1, 0.15) is 46.9 Å². The largest absolute Gasteiger partial charge is 0.481 e. The van der Waals surface area contributed by atoms with E-state index in [4.69, 9.17) is 10.8 Å². The Morgan fingerprint density at radius 3 is 2.52 bits per heavy atom. The van der Waals surface area contributed by atoms with Crippen molar-refractivity contribution in [1.82, 2.24) is 5.32 Å². The lowest BCUT2D eigenvalue weighted by Gasteiger charge is -2.11. The Labute approximate surface area is 123 Å². The minimum Gasteiger partial charge on any atom is -0.481 e. The molecule has 0 aliphatic heterocycles. The minimum atomic E-state index is -0.811. The lowest BCUT2D eigenvalue weighted by atomic mass is 10.0. The number of carboxylic acids is 1. The highest BCUT2D eigenvalue weighted by Crippen LogP contribution is 2.10. The number of carbonyl (C=O) groups is 3. The maximum atomic E-state index is 11.9. The van der Waals surface area contributed by atoms with Crippen LogP contribution in [-0.4, -0.2) is 29.4 Å². The normalized spacial score (nSPS) is 11.7. The SMILES string of the molecule is CC(CCNC(=O)c1cccc(C(N)=O)c1)CCC(=O)O. The molecule has 0 fully saturated rings. The topological polar surface area (TPSA) is 109 Å². The van der Waals surface area contributed by atoms with E-state index in [9.17, 15) is 14.4 Å². The minimum absolute atomic E-state index is 0.135. The fourth-order valence-corrected chi connectivity index (χ4v) is 1.86. The van der Waals surface area contributed by atoms with Crippen molar-refractivity contribution in [3.05, 3.63) is 35.4 Å². The number of carbonyl (C=O) groups excluding carboxylic acids is 2. The number of carboxylic acid groups (broad SMARTS) is 1. The van der Waals surface area contributed by atoms with E-state index in [1.54, 1.807) is 18.2 Å². The summed E-state index contributed by atoms with van der Waals surface area (Å²) in [4.78, 5) is 33.4. The third kappa shape index (κ3) is 6.07. The molecule has 1 unspecified atom stereocenters. The Morgan fingerprint density at radius 2 is 1.90 bits per heavy atom. The van der Waals surface area contributed by atoms with Crippen LogP contribution in [0, 0.1) is 5.92 Å². The summed E-state index contributed by atoms with van der Waals surface area (Å²) in [5.74, 6) is -1.44. The summed E-state index contributed by atoms with van der Waals surface area (Å²) in [6.07, 6.45) is 1.42. The third-order valence-electron chi connectivity index (χ3n) is 3.18. The van der Waals surface area contributed by atoms with E-state index in [2.05, 4.69) is 5.32 Å². The van der Waals surface area contributed by atoms with Crippen molar-refractivity contribution < 1.29 is 19.5 Å². The molecule has 1 atom stereocenters. The predicted molar refractivity (Wildman–Crippen MR) is 77.9 cm³/mol. The second-order valence-electron chi connectivity index (χ2n) is 5.03. The average molecular weight is 292 g/mol. The molecule has 2 amide bonds. The van der Waals surface area contributed by atoms with Crippen molar-refractivity contribution in [2.45, 2.75) is 26.2 Å². The van der Waals surface area contributed by atoms with Crippen LogP contribution in [0.25, 0.3) is 0 Å². The monoisotopic (exact) mass is 292 g/mol. The van der Waals surface area contributed by atoms with Crippen molar-refractivity contribution in [3.63, 3.8) is 0 Å². The van der Waals surface area contributed by atoms with Gasteiger partial charge in [0.25, 0.3) is 5.91 Å². The van der Waals surface area contributed by atoms with Gasteiger partial charge in [0, 0.05) is 24.1 Å². The molecule has 0 spiro atoms. The van der Waals surface area contributed by atoms with Gasteiger partial charge in [-0.1, -0.05) is 13.0 Å². The van der Waals surface area contributed by atoms with Gasteiger partial charge in [-0.3, -0.25) is 14.4 Å². The smallest absolute Gasteiger partial charge is 0.303 e. The molecule has 0 bridgehead atoms. The molecular formula is C15H20N2O4. The van der Waals surface area contributed by atoms with E-state index in [0.29, 0.717) is 24.9 Å². The van der Waals surface area contributed by atoms with Gasteiger partial charge in [0.15, 0.2) is 0 Å². The molecule has 1 aromatic carbocycles. The van der Waals surface area contributed by atoms with E-state index in [1.807, 2.05) is 6.92 Å². The number of hydrogen-bond donors (Lipinski definition) is 3. The van der Waals surface area contributed by atoms with Crippen LogP contribution < -0.4 is 11.1 Å². The summed E-state index contributed by atoms with van der Waals surface area (Å²) in [7, 11) is 0. The summed E-state index contributed by atoms with van der Waals surface area (Å²) < 4.78 is 0. The van der Waals surface area contributed by atoms with Crippen LogP contribution in [0.5, 0.6) is 0 Å². The van der Waals surface area contributed by atoms with E-state index < -0.39 is 11.9 Å². The lowest BCUT2D eigenvalue weighted by molar-refractivity contribution is -0.137. The highest BCUT2D eigenvalue weighted by atomic mass is 16.4. The first-order chi connectivity index (χ1) is 9.90. The first-order valence-corrected chi connectivity index (χ1v) is 6.80. The molecule has 0 heterocycles. The van der Waals surface area contributed by atoms with Crippen LogP contribution >= 0.6 is 0 Å². The molecule has 0 aliphatic rings. The fraction of sp³-hybridized carbons (Fsp3) is 0.400. The predicted octanol–water partition coefficient (Wildman–Crippen LogP) is 1.41. The Kier molecular flexibility index (Phi) is 6.39.